The van der Waals surface area contributed by atoms with Crippen molar-refractivity contribution >= 4 is 10.0 Å². The van der Waals surface area contributed by atoms with E-state index in [-0.39, 0.29) is 11.4 Å². The molecule has 0 aliphatic heterocycles. The minimum Gasteiger partial charge on any atom is -0.468 e. The number of furan rings is 1. The van der Waals surface area contributed by atoms with E-state index in [9.17, 15) is 8.42 Å². The molecular weight excluding hydrogens is 292 g/mol. The summed E-state index contributed by atoms with van der Waals surface area (Å²) in [5.41, 5.74) is 0. The van der Waals surface area contributed by atoms with Crippen LogP contribution in [0.1, 0.15) is 18.6 Å². The maximum atomic E-state index is 12.1. The average Bonchev–Trinajstić information content (AvgIpc) is 2.94. The van der Waals surface area contributed by atoms with E-state index in [0.29, 0.717) is 18.3 Å². The highest BCUT2D eigenvalue weighted by molar-refractivity contribution is 7.89. The van der Waals surface area contributed by atoms with Crippen LogP contribution in [0.25, 0.3) is 0 Å². The van der Waals surface area contributed by atoms with Gasteiger partial charge in [-0.3, -0.25) is 4.68 Å². The minimum absolute atomic E-state index is 0.129. The third kappa shape index (κ3) is 3.93. The number of nitrogens with one attached hydrogen (secondary N) is 2. The van der Waals surface area contributed by atoms with Gasteiger partial charge in [0.05, 0.1) is 25.5 Å². The van der Waals surface area contributed by atoms with E-state index in [2.05, 4.69) is 15.1 Å². The summed E-state index contributed by atoms with van der Waals surface area (Å²) in [5.74, 6) is 0.569. The van der Waals surface area contributed by atoms with Gasteiger partial charge in [0.15, 0.2) is 0 Å². The highest BCUT2D eigenvalue weighted by atomic mass is 32.2. The summed E-state index contributed by atoms with van der Waals surface area (Å²) >= 11 is 0. The molecule has 21 heavy (non-hydrogen) atoms. The van der Waals surface area contributed by atoms with Crippen molar-refractivity contribution in [3.63, 3.8) is 0 Å². The van der Waals surface area contributed by atoms with Crippen LogP contribution in [0, 0.1) is 0 Å². The Hall–Kier alpha value is -1.64. The number of hydrogen-bond donors (Lipinski definition) is 2. The monoisotopic (exact) mass is 310 g/mol. The lowest BCUT2D eigenvalue weighted by molar-refractivity contribution is 0.498. The van der Waals surface area contributed by atoms with E-state index < -0.39 is 10.0 Å². The standard InChI is InChI=1S/C13H18N4O3S/c18-21(19,16-8-12-2-1-7-20-12)13-9-15-17(10-13)6-5-14-11-3-4-11/h1-2,7,9-11,14,16H,3-6,8H2. The molecule has 0 saturated heterocycles. The van der Waals surface area contributed by atoms with E-state index in [1.54, 1.807) is 23.0 Å². The lowest BCUT2D eigenvalue weighted by Gasteiger charge is -2.03. The molecule has 0 bridgehead atoms. The van der Waals surface area contributed by atoms with Crippen molar-refractivity contribution in [3.8, 4) is 0 Å². The number of rotatable bonds is 8. The molecule has 3 rings (SSSR count). The topological polar surface area (TPSA) is 89.2 Å². The predicted octanol–water partition coefficient (Wildman–Crippen LogP) is 0.707. The van der Waals surface area contributed by atoms with Gasteiger partial charge in [-0.15, -0.1) is 0 Å². The molecule has 0 unspecified atom stereocenters. The summed E-state index contributed by atoms with van der Waals surface area (Å²) in [7, 11) is -3.56. The van der Waals surface area contributed by atoms with Crippen LogP contribution in [0.4, 0.5) is 0 Å². The van der Waals surface area contributed by atoms with Crippen LogP contribution in [0.3, 0.4) is 0 Å². The summed E-state index contributed by atoms with van der Waals surface area (Å²) in [5, 5.41) is 7.44. The molecule has 8 heteroatoms. The minimum atomic E-state index is -3.56. The number of hydrogen-bond acceptors (Lipinski definition) is 5. The smallest absolute Gasteiger partial charge is 0.244 e. The Morgan fingerprint density at radius 3 is 3.00 bits per heavy atom. The van der Waals surface area contributed by atoms with Crippen LogP contribution >= 0.6 is 0 Å². The van der Waals surface area contributed by atoms with Gasteiger partial charge >= 0.3 is 0 Å². The molecule has 0 amide bonds. The molecule has 0 spiro atoms. The van der Waals surface area contributed by atoms with Gasteiger partial charge in [-0.25, -0.2) is 13.1 Å². The quantitative estimate of drug-likeness (QED) is 0.749. The molecule has 2 N–H and O–H groups in total. The van der Waals surface area contributed by atoms with Crippen molar-refractivity contribution in [2.45, 2.75) is 36.9 Å². The first kappa shape index (κ1) is 14.3. The lowest BCUT2D eigenvalue weighted by atomic mass is 10.5. The highest BCUT2D eigenvalue weighted by Gasteiger charge is 2.20. The van der Waals surface area contributed by atoms with Gasteiger partial charge in [0.25, 0.3) is 0 Å². The van der Waals surface area contributed by atoms with E-state index in [1.165, 1.54) is 25.3 Å². The molecule has 0 aromatic carbocycles. The first-order chi connectivity index (χ1) is 10.1. The van der Waals surface area contributed by atoms with Crippen molar-refractivity contribution in [1.82, 2.24) is 19.8 Å². The van der Waals surface area contributed by atoms with Crippen molar-refractivity contribution in [3.05, 3.63) is 36.5 Å². The van der Waals surface area contributed by atoms with Crippen molar-refractivity contribution in [2.75, 3.05) is 6.54 Å². The predicted molar refractivity (Wildman–Crippen MR) is 76.0 cm³/mol. The molecule has 1 aliphatic carbocycles. The second-order valence-corrected chi connectivity index (χ2v) is 6.84. The van der Waals surface area contributed by atoms with Crippen molar-refractivity contribution < 1.29 is 12.8 Å². The summed E-state index contributed by atoms with van der Waals surface area (Å²) in [6, 6.07) is 4.07. The van der Waals surface area contributed by atoms with Crippen LogP contribution < -0.4 is 10.0 Å². The summed E-state index contributed by atoms with van der Waals surface area (Å²) in [4.78, 5) is 0.167. The summed E-state index contributed by atoms with van der Waals surface area (Å²) in [6.45, 7) is 1.58. The van der Waals surface area contributed by atoms with Gasteiger partial charge in [0, 0.05) is 18.8 Å². The van der Waals surface area contributed by atoms with Gasteiger partial charge in [0.1, 0.15) is 10.7 Å². The Kier molecular flexibility index (Phi) is 4.09. The van der Waals surface area contributed by atoms with Crippen LogP contribution in [0.5, 0.6) is 0 Å². The summed E-state index contributed by atoms with van der Waals surface area (Å²) < 4.78 is 33.4. The summed E-state index contributed by atoms with van der Waals surface area (Å²) in [6.07, 6.45) is 6.88. The maximum Gasteiger partial charge on any atom is 0.244 e. The fourth-order valence-electron chi connectivity index (χ4n) is 1.94. The molecular formula is C13H18N4O3S. The van der Waals surface area contributed by atoms with Crippen LogP contribution in [0.2, 0.25) is 0 Å². The lowest BCUT2D eigenvalue weighted by Crippen LogP contribution is -2.23. The first-order valence-corrected chi connectivity index (χ1v) is 8.40. The van der Waals surface area contributed by atoms with Crippen LogP contribution in [-0.4, -0.2) is 30.8 Å². The molecule has 2 heterocycles. The zero-order chi connectivity index (χ0) is 14.7. The van der Waals surface area contributed by atoms with Crippen molar-refractivity contribution in [1.29, 1.82) is 0 Å². The van der Waals surface area contributed by atoms with Gasteiger partial charge < -0.3 is 9.73 Å². The van der Waals surface area contributed by atoms with Crippen molar-refractivity contribution in [2.24, 2.45) is 0 Å². The Morgan fingerprint density at radius 1 is 1.43 bits per heavy atom. The fourth-order valence-corrected chi connectivity index (χ4v) is 2.88. The number of nitrogens with zero attached hydrogens (tertiary/aromatic N) is 2. The van der Waals surface area contributed by atoms with E-state index in [1.807, 2.05) is 0 Å². The normalized spacial score (nSPS) is 15.4. The second-order valence-electron chi connectivity index (χ2n) is 5.07. The molecule has 2 aromatic rings. The fraction of sp³-hybridized carbons (Fsp3) is 0.462. The second kappa shape index (κ2) is 6.00. The molecule has 0 radical (unpaired) electrons. The number of sulfonamides is 1. The largest absolute Gasteiger partial charge is 0.468 e. The Bertz CT molecular complexity index is 674. The Labute approximate surface area is 123 Å². The van der Waals surface area contributed by atoms with Gasteiger partial charge in [-0.2, -0.15) is 5.10 Å². The Morgan fingerprint density at radius 2 is 2.29 bits per heavy atom. The van der Waals surface area contributed by atoms with E-state index in [4.69, 9.17) is 4.42 Å². The van der Waals surface area contributed by atoms with Gasteiger partial charge in [0.2, 0.25) is 10.0 Å². The maximum absolute atomic E-state index is 12.1. The molecule has 1 saturated carbocycles. The SMILES string of the molecule is O=S(=O)(NCc1ccco1)c1cnn(CCNC2CC2)c1. The molecule has 1 aliphatic rings. The third-order valence-corrected chi connectivity index (χ3v) is 4.64. The highest BCUT2D eigenvalue weighted by Crippen LogP contribution is 2.18. The zero-order valence-corrected chi connectivity index (χ0v) is 12.3. The number of aromatic nitrogens is 2. The van der Waals surface area contributed by atoms with Crippen LogP contribution in [-0.2, 0) is 23.1 Å². The molecule has 7 nitrogen and oxygen atoms in total. The Balaban J connectivity index is 1.55. The van der Waals surface area contributed by atoms with E-state index in [0.717, 1.165) is 6.54 Å². The first-order valence-electron chi connectivity index (χ1n) is 6.91. The third-order valence-electron chi connectivity index (χ3n) is 3.29. The average molecular weight is 310 g/mol. The van der Waals surface area contributed by atoms with Gasteiger partial charge in [-0.1, -0.05) is 0 Å². The van der Waals surface area contributed by atoms with E-state index >= 15 is 0 Å². The van der Waals surface area contributed by atoms with Crippen LogP contribution in [0.15, 0.2) is 40.1 Å². The zero-order valence-electron chi connectivity index (χ0n) is 11.5. The molecule has 0 atom stereocenters. The molecule has 2 aromatic heterocycles. The molecule has 1 fully saturated rings. The molecule has 114 valence electrons. The van der Waals surface area contributed by atoms with Gasteiger partial charge in [-0.05, 0) is 25.0 Å².